The molecule has 0 saturated carbocycles. The number of hydrogen-bond donors (Lipinski definition) is 1. The molecule has 2 saturated heterocycles. The zero-order valence-corrected chi connectivity index (χ0v) is 13.1. The average Bonchev–Trinajstić information content (AvgIpc) is 3.15. The zero-order chi connectivity index (χ0) is 16.1. The van der Waals surface area contributed by atoms with Crippen LogP contribution >= 0.6 is 0 Å². The predicted molar refractivity (Wildman–Crippen MR) is 85.0 cm³/mol. The van der Waals surface area contributed by atoms with E-state index >= 15 is 0 Å². The average molecular weight is 318 g/mol. The minimum absolute atomic E-state index is 0.0439. The normalized spacial score (nSPS) is 21.3. The van der Waals surface area contributed by atoms with Gasteiger partial charge < -0.3 is 19.9 Å². The smallest absolute Gasteiger partial charge is 0.249 e. The molecule has 1 unspecified atom stereocenters. The second kappa shape index (κ2) is 7.41. The predicted octanol–water partition coefficient (Wildman–Crippen LogP) is 0.0254. The zero-order valence-electron chi connectivity index (χ0n) is 13.1. The maximum atomic E-state index is 12.2. The number of aromatic nitrogens is 1. The summed E-state index contributed by atoms with van der Waals surface area (Å²) in [6.45, 7) is 3.46. The molecule has 124 valence electrons. The molecule has 0 bridgehead atoms. The van der Waals surface area contributed by atoms with E-state index in [4.69, 9.17) is 4.74 Å². The molecule has 0 radical (unpaired) electrons. The molecular weight excluding hydrogens is 296 g/mol. The van der Waals surface area contributed by atoms with Gasteiger partial charge in [-0.05, 0) is 25.0 Å². The lowest BCUT2D eigenvalue weighted by atomic mass is 10.2. The molecule has 1 atom stereocenters. The van der Waals surface area contributed by atoms with Gasteiger partial charge in [0.05, 0.1) is 6.54 Å². The van der Waals surface area contributed by atoms with E-state index < -0.39 is 0 Å². The first-order valence-electron chi connectivity index (χ1n) is 8.07. The topological polar surface area (TPSA) is 74.8 Å². The van der Waals surface area contributed by atoms with Crippen LogP contribution in [0.25, 0.3) is 0 Å². The van der Waals surface area contributed by atoms with E-state index in [9.17, 15) is 9.59 Å². The van der Waals surface area contributed by atoms with Gasteiger partial charge in [0, 0.05) is 39.0 Å². The fourth-order valence-electron chi connectivity index (χ4n) is 2.90. The number of amides is 2. The number of pyridine rings is 1. The number of piperazine rings is 1. The van der Waals surface area contributed by atoms with E-state index in [0.717, 1.165) is 31.7 Å². The maximum absolute atomic E-state index is 12.2. The van der Waals surface area contributed by atoms with Gasteiger partial charge in [-0.15, -0.1) is 0 Å². The van der Waals surface area contributed by atoms with Gasteiger partial charge in [0.1, 0.15) is 11.9 Å². The minimum atomic E-state index is -0.385. The van der Waals surface area contributed by atoms with Crippen molar-refractivity contribution in [3.63, 3.8) is 0 Å². The summed E-state index contributed by atoms with van der Waals surface area (Å²) in [6, 6.07) is 5.82. The summed E-state index contributed by atoms with van der Waals surface area (Å²) in [6.07, 6.45) is 3.03. The van der Waals surface area contributed by atoms with E-state index in [1.165, 1.54) is 0 Å². The molecule has 1 aromatic rings. The van der Waals surface area contributed by atoms with E-state index in [1.807, 2.05) is 18.2 Å². The van der Waals surface area contributed by atoms with Crippen molar-refractivity contribution in [3.8, 4) is 0 Å². The van der Waals surface area contributed by atoms with Gasteiger partial charge in [-0.25, -0.2) is 4.98 Å². The van der Waals surface area contributed by atoms with Crippen LogP contribution in [0.4, 0.5) is 5.82 Å². The highest BCUT2D eigenvalue weighted by molar-refractivity contribution is 5.87. The molecule has 0 aliphatic carbocycles. The third-order valence-corrected chi connectivity index (χ3v) is 4.24. The highest BCUT2D eigenvalue weighted by atomic mass is 16.5. The van der Waals surface area contributed by atoms with Crippen molar-refractivity contribution < 1.29 is 14.3 Å². The number of hydrogen-bond acceptors (Lipinski definition) is 5. The Kier molecular flexibility index (Phi) is 5.07. The molecule has 3 rings (SSSR count). The van der Waals surface area contributed by atoms with E-state index in [0.29, 0.717) is 19.7 Å². The van der Waals surface area contributed by atoms with Gasteiger partial charge >= 0.3 is 0 Å². The number of carbonyl (C=O) groups is 2. The maximum Gasteiger partial charge on any atom is 0.249 e. The van der Waals surface area contributed by atoms with Crippen LogP contribution < -0.4 is 10.2 Å². The van der Waals surface area contributed by atoms with Crippen molar-refractivity contribution in [3.05, 3.63) is 24.4 Å². The first kappa shape index (κ1) is 15.7. The lowest BCUT2D eigenvalue weighted by Crippen LogP contribution is -2.52. The van der Waals surface area contributed by atoms with Gasteiger partial charge in [0.2, 0.25) is 11.8 Å². The van der Waals surface area contributed by atoms with Crippen molar-refractivity contribution in [1.82, 2.24) is 15.2 Å². The first-order valence-corrected chi connectivity index (χ1v) is 8.07. The SMILES string of the molecule is O=C(NCC(=O)N1CCN(c2ccccn2)CC1)C1CCCO1. The summed E-state index contributed by atoms with van der Waals surface area (Å²) < 4.78 is 5.31. The molecule has 2 aliphatic rings. The third-order valence-electron chi connectivity index (χ3n) is 4.24. The summed E-state index contributed by atoms with van der Waals surface area (Å²) in [5.74, 6) is 0.714. The summed E-state index contributed by atoms with van der Waals surface area (Å²) in [7, 11) is 0. The van der Waals surface area contributed by atoms with Crippen LogP contribution in [0.5, 0.6) is 0 Å². The second-order valence-corrected chi connectivity index (χ2v) is 5.78. The molecule has 0 spiro atoms. The van der Waals surface area contributed by atoms with Crippen LogP contribution in [0.15, 0.2) is 24.4 Å². The van der Waals surface area contributed by atoms with Crippen molar-refractivity contribution in [1.29, 1.82) is 0 Å². The minimum Gasteiger partial charge on any atom is -0.368 e. The van der Waals surface area contributed by atoms with Gasteiger partial charge in [-0.3, -0.25) is 9.59 Å². The molecule has 2 amide bonds. The number of rotatable bonds is 4. The molecule has 7 heteroatoms. The number of nitrogens with zero attached hydrogens (tertiary/aromatic N) is 3. The third kappa shape index (κ3) is 3.98. The molecule has 2 fully saturated rings. The summed E-state index contributed by atoms with van der Waals surface area (Å²) in [5, 5.41) is 2.68. The molecule has 1 N–H and O–H groups in total. The fraction of sp³-hybridized carbons (Fsp3) is 0.562. The Morgan fingerprint density at radius 1 is 1.26 bits per heavy atom. The van der Waals surface area contributed by atoms with Crippen LogP contribution in [0, 0.1) is 0 Å². The molecule has 0 aromatic carbocycles. The second-order valence-electron chi connectivity index (χ2n) is 5.78. The summed E-state index contributed by atoms with van der Waals surface area (Å²) >= 11 is 0. The standard InChI is InChI=1S/C16H22N4O3/c21-15(12-18-16(22)13-4-3-11-23-13)20-9-7-19(8-10-20)14-5-1-2-6-17-14/h1-2,5-6,13H,3-4,7-12H2,(H,18,22). The van der Waals surface area contributed by atoms with Crippen molar-refractivity contribution in [2.24, 2.45) is 0 Å². The lowest BCUT2D eigenvalue weighted by Gasteiger charge is -2.35. The van der Waals surface area contributed by atoms with Crippen molar-refractivity contribution in [2.75, 3.05) is 44.2 Å². The van der Waals surface area contributed by atoms with Gasteiger partial charge in [0.15, 0.2) is 0 Å². The van der Waals surface area contributed by atoms with Crippen molar-refractivity contribution >= 4 is 17.6 Å². The Morgan fingerprint density at radius 2 is 2.09 bits per heavy atom. The highest BCUT2D eigenvalue weighted by Crippen LogP contribution is 2.13. The number of carbonyl (C=O) groups excluding carboxylic acids is 2. The first-order chi connectivity index (χ1) is 11.2. The molecule has 23 heavy (non-hydrogen) atoms. The van der Waals surface area contributed by atoms with E-state index in [-0.39, 0.29) is 24.5 Å². The highest BCUT2D eigenvalue weighted by Gasteiger charge is 2.25. The Bertz CT molecular complexity index is 538. The number of ether oxygens (including phenoxy) is 1. The van der Waals surface area contributed by atoms with E-state index in [1.54, 1.807) is 11.1 Å². The van der Waals surface area contributed by atoms with Crippen LogP contribution in [0.3, 0.4) is 0 Å². The van der Waals surface area contributed by atoms with E-state index in [2.05, 4.69) is 15.2 Å². The van der Waals surface area contributed by atoms with Gasteiger partial charge in [0.25, 0.3) is 0 Å². The van der Waals surface area contributed by atoms with Crippen LogP contribution in [-0.2, 0) is 14.3 Å². The van der Waals surface area contributed by atoms with Crippen LogP contribution in [0.2, 0.25) is 0 Å². The Morgan fingerprint density at radius 3 is 2.74 bits per heavy atom. The summed E-state index contributed by atoms with van der Waals surface area (Å²) in [4.78, 5) is 32.3. The van der Waals surface area contributed by atoms with Crippen molar-refractivity contribution in [2.45, 2.75) is 18.9 Å². The molecule has 1 aromatic heterocycles. The van der Waals surface area contributed by atoms with Crippen LogP contribution in [0.1, 0.15) is 12.8 Å². The number of nitrogens with one attached hydrogen (secondary N) is 1. The fourth-order valence-corrected chi connectivity index (χ4v) is 2.90. The van der Waals surface area contributed by atoms with Gasteiger partial charge in [-0.2, -0.15) is 0 Å². The van der Waals surface area contributed by atoms with Crippen LogP contribution in [-0.4, -0.2) is 67.1 Å². The lowest BCUT2D eigenvalue weighted by molar-refractivity contribution is -0.136. The molecule has 7 nitrogen and oxygen atoms in total. The largest absolute Gasteiger partial charge is 0.368 e. The number of anilines is 1. The Labute approximate surface area is 135 Å². The molecular formula is C16H22N4O3. The Hall–Kier alpha value is -2.15. The molecule has 3 heterocycles. The Balaban J connectivity index is 1.42. The molecule has 2 aliphatic heterocycles. The monoisotopic (exact) mass is 318 g/mol. The quantitative estimate of drug-likeness (QED) is 0.847. The van der Waals surface area contributed by atoms with Gasteiger partial charge in [-0.1, -0.05) is 6.07 Å². The summed E-state index contributed by atoms with van der Waals surface area (Å²) in [5.41, 5.74) is 0.